The maximum Gasteiger partial charge on any atom is 0.229 e. The highest BCUT2D eigenvalue weighted by atomic mass is 19.1. The number of hydrogen-bond donors (Lipinski definition) is 2. The molecule has 1 fully saturated rings. The molecule has 2 aromatic rings. The number of nitrogens with one attached hydrogen (secondary N) is 2. The summed E-state index contributed by atoms with van der Waals surface area (Å²) in [5.74, 6) is -0.462. The van der Waals surface area contributed by atoms with Crippen LogP contribution in [0.1, 0.15) is 12.8 Å². The van der Waals surface area contributed by atoms with E-state index in [1.165, 1.54) is 12.1 Å². The molecule has 1 aromatic heterocycles. The van der Waals surface area contributed by atoms with E-state index >= 15 is 0 Å². The fourth-order valence-electron chi connectivity index (χ4n) is 2.25. The lowest BCUT2D eigenvalue weighted by Crippen LogP contribution is -2.19. The number of hydrogen-bond acceptors (Lipinski definition) is 5. The van der Waals surface area contributed by atoms with Crippen LogP contribution in [-0.4, -0.2) is 29.2 Å². The van der Waals surface area contributed by atoms with Crippen LogP contribution in [0.25, 0.3) is 0 Å². The maximum atomic E-state index is 13.6. The van der Waals surface area contributed by atoms with Crippen molar-refractivity contribution in [3.63, 3.8) is 0 Å². The second-order valence-corrected chi connectivity index (χ2v) is 5.03. The van der Waals surface area contributed by atoms with Gasteiger partial charge in [0.15, 0.2) is 0 Å². The van der Waals surface area contributed by atoms with Gasteiger partial charge in [-0.15, -0.1) is 0 Å². The summed E-state index contributed by atoms with van der Waals surface area (Å²) in [7, 11) is 0. The number of halogens is 2. The first-order valence-corrected chi connectivity index (χ1v) is 7.11. The Kier molecular flexibility index (Phi) is 4.43. The number of benzene rings is 1. The van der Waals surface area contributed by atoms with Gasteiger partial charge < -0.3 is 15.4 Å². The number of anilines is 3. The molecule has 1 aliphatic rings. The van der Waals surface area contributed by atoms with E-state index in [0.717, 1.165) is 25.5 Å². The Morgan fingerprint density at radius 1 is 1.27 bits per heavy atom. The largest absolute Gasteiger partial charge is 0.376 e. The van der Waals surface area contributed by atoms with Gasteiger partial charge in [0.05, 0.1) is 11.8 Å². The topological polar surface area (TPSA) is 59.1 Å². The molecule has 0 radical (unpaired) electrons. The molecule has 22 heavy (non-hydrogen) atoms. The van der Waals surface area contributed by atoms with Crippen molar-refractivity contribution in [2.45, 2.75) is 18.9 Å². The third-order valence-corrected chi connectivity index (χ3v) is 3.37. The van der Waals surface area contributed by atoms with Crippen LogP contribution >= 0.6 is 0 Å². The van der Waals surface area contributed by atoms with Crippen molar-refractivity contribution in [3.8, 4) is 0 Å². The monoisotopic (exact) mass is 306 g/mol. The van der Waals surface area contributed by atoms with Gasteiger partial charge >= 0.3 is 0 Å². The van der Waals surface area contributed by atoms with Gasteiger partial charge in [0.25, 0.3) is 0 Å². The van der Waals surface area contributed by atoms with E-state index < -0.39 is 11.6 Å². The third kappa shape index (κ3) is 3.67. The lowest BCUT2D eigenvalue weighted by atomic mass is 10.2. The molecule has 116 valence electrons. The van der Waals surface area contributed by atoms with Crippen LogP contribution in [-0.2, 0) is 4.74 Å². The molecule has 3 rings (SSSR count). The predicted octanol–water partition coefficient (Wildman–Crippen LogP) is 3.09. The normalized spacial score (nSPS) is 17.5. The Hall–Kier alpha value is -2.28. The predicted molar refractivity (Wildman–Crippen MR) is 79.1 cm³/mol. The molecular formula is C15H16F2N4O. The lowest BCUT2D eigenvalue weighted by molar-refractivity contribution is 0.120. The molecule has 1 saturated heterocycles. The van der Waals surface area contributed by atoms with Crippen molar-refractivity contribution < 1.29 is 13.5 Å². The molecule has 2 N–H and O–H groups in total. The lowest BCUT2D eigenvalue weighted by Gasteiger charge is -2.12. The van der Waals surface area contributed by atoms with Crippen LogP contribution in [0.3, 0.4) is 0 Å². The summed E-state index contributed by atoms with van der Waals surface area (Å²) in [6.07, 6.45) is 3.87. The molecule has 7 heteroatoms. The molecule has 0 saturated carbocycles. The number of ether oxygens (including phenoxy) is 1. The van der Waals surface area contributed by atoms with Crippen molar-refractivity contribution in [2.24, 2.45) is 0 Å². The van der Waals surface area contributed by atoms with E-state index in [9.17, 15) is 8.78 Å². The quantitative estimate of drug-likeness (QED) is 0.889. The van der Waals surface area contributed by atoms with Gasteiger partial charge in [0.2, 0.25) is 5.95 Å². The molecule has 1 aliphatic heterocycles. The highest BCUT2D eigenvalue weighted by Crippen LogP contribution is 2.19. The first-order chi connectivity index (χ1) is 10.7. The Labute approximate surface area is 126 Å². The van der Waals surface area contributed by atoms with Gasteiger partial charge in [-0.2, -0.15) is 4.98 Å². The minimum absolute atomic E-state index is 0.123. The molecule has 2 heterocycles. The summed E-state index contributed by atoms with van der Waals surface area (Å²) < 4.78 is 32.0. The molecule has 5 nitrogen and oxygen atoms in total. The Bertz CT molecular complexity index is 647. The van der Waals surface area contributed by atoms with Gasteiger partial charge in [-0.3, -0.25) is 0 Å². The van der Waals surface area contributed by atoms with Gasteiger partial charge in [0.1, 0.15) is 17.5 Å². The van der Waals surface area contributed by atoms with Crippen molar-refractivity contribution in [1.29, 1.82) is 0 Å². The first-order valence-electron chi connectivity index (χ1n) is 7.11. The van der Waals surface area contributed by atoms with E-state index in [1.54, 1.807) is 12.3 Å². The zero-order valence-corrected chi connectivity index (χ0v) is 11.9. The Morgan fingerprint density at radius 2 is 2.18 bits per heavy atom. The van der Waals surface area contributed by atoms with E-state index in [1.807, 2.05) is 0 Å². The highest BCUT2D eigenvalue weighted by Gasteiger charge is 2.15. The summed E-state index contributed by atoms with van der Waals surface area (Å²) in [4.78, 5) is 8.27. The average Bonchev–Trinajstić information content (AvgIpc) is 3.02. The summed E-state index contributed by atoms with van der Waals surface area (Å²) in [6, 6.07) is 5.01. The van der Waals surface area contributed by atoms with Crippen molar-refractivity contribution in [1.82, 2.24) is 9.97 Å². The minimum Gasteiger partial charge on any atom is -0.376 e. The van der Waals surface area contributed by atoms with Crippen LogP contribution in [0.15, 0.2) is 30.5 Å². The molecule has 1 unspecified atom stereocenters. The van der Waals surface area contributed by atoms with E-state index in [0.29, 0.717) is 12.4 Å². The summed E-state index contributed by atoms with van der Waals surface area (Å²) in [6.45, 7) is 1.47. The third-order valence-electron chi connectivity index (χ3n) is 3.37. The first kappa shape index (κ1) is 14.6. The van der Waals surface area contributed by atoms with E-state index in [4.69, 9.17) is 4.74 Å². The molecule has 1 atom stereocenters. The average molecular weight is 306 g/mol. The van der Waals surface area contributed by atoms with Crippen molar-refractivity contribution >= 4 is 17.5 Å². The second-order valence-electron chi connectivity index (χ2n) is 5.03. The molecule has 0 spiro atoms. The van der Waals surface area contributed by atoms with Crippen LogP contribution < -0.4 is 10.6 Å². The van der Waals surface area contributed by atoms with Crippen molar-refractivity contribution in [3.05, 3.63) is 42.1 Å². The summed E-state index contributed by atoms with van der Waals surface area (Å²) >= 11 is 0. The zero-order valence-electron chi connectivity index (χ0n) is 11.9. The van der Waals surface area contributed by atoms with Gasteiger partial charge in [-0.05, 0) is 31.0 Å². The number of aromatic nitrogens is 2. The molecule has 0 bridgehead atoms. The van der Waals surface area contributed by atoms with Gasteiger partial charge in [0, 0.05) is 25.4 Å². The highest BCUT2D eigenvalue weighted by molar-refractivity contribution is 5.55. The maximum absolute atomic E-state index is 13.6. The van der Waals surface area contributed by atoms with Crippen LogP contribution in [0.2, 0.25) is 0 Å². The summed E-state index contributed by atoms with van der Waals surface area (Å²) in [5, 5.41) is 5.90. The van der Waals surface area contributed by atoms with Crippen LogP contribution in [0.4, 0.5) is 26.2 Å². The van der Waals surface area contributed by atoms with Crippen LogP contribution in [0, 0.1) is 11.6 Å². The Morgan fingerprint density at radius 3 is 2.95 bits per heavy atom. The zero-order chi connectivity index (χ0) is 15.4. The standard InChI is InChI=1S/C15H16F2N4O/c16-10-3-4-13(12(17)8-10)20-15-18-6-5-14(21-15)19-9-11-2-1-7-22-11/h3-6,8,11H,1-2,7,9H2,(H2,18,19,20,21). The Balaban J connectivity index is 1.65. The fraction of sp³-hybridized carbons (Fsp3) is 0.333. The van der Waals surface area contributed by atoms with E-state index in [2.05, 4.69) is 20.6 Å². The minimum atomic E-state index is -0.693. The smallest absolute Gasteiger partial charge is 0.229 e. The number of nitrogens with zero attached hydrogens (tertiary/aromatic N) is 2. The van der Waals surface area contributed by atoms with Gasteiger partial charge in [-0.25, -0.2) is 13.8 Å². The summed E-state index contributed by atoms with van der Waals surface area (Å²) in [5.41, 5.74) is 0.123. The van der Waals surface area contributed by atoms with E-state index in [-0.39, 0.29) is 17.7 Å². The fourth-order valence-corrected chi connectivity index (χ4v) is 2.25. The SMILES string of the molecule is Fc1ccc(Nc2nccc(NCC3CCCO3)n2)c(F)c1. The van der Waals surface area contributed by atoms with Crippen molar-refractivity contribution in [2.75, 3.05) is 23.8 Å². The molecular weight excluding hydrogens is 290 g/mol. The molecule has 1 aromatic carbocycles. The van der Waals surface area contributed by atoms with Crippen LogP contribution in [0.5, 0.6) is 0 Å². The second kappa shape index (κ2) is 6.65. The molecule has 0 aliphatic carbocycles. The van der Waals surface area contributed by atoms with Gasteiger partial charge in [-0.1, -0.05) is 0 Å². The number of rotatable bonds is 5. The molecule has 0 amide bonds.